The van der Waals surface area contributed by atoms with Crippen LogP contribution in [0.15, 0.2) is 16.4 Å². The van der Waals surface area contributed by atoms with E-state index >= 15 is 0 Å². The molecule has 0 fully saturated rings. The van der Waals surface area contributed by atoms with Crippen LogP contribution in [0.3, 0.4) is 0 Å². The van der Waals surface area contributed by atoms with Crippen molar-refractivity contribution in [1.29, 1.82) is 0 Å². The number of aromatic nitrogens is 1. The third-order valence-electron chi connectivity index (χ3n) is 1.93. The zero-order chi connectivity index (χ0) is 8.72. The zero-order valence-electron chi connectivity index (χ0n) is 6.42. The smallest absolute Gasteiger partial charge is 0.194 e. The minimum atomic E-state index is -0.0912. The third kappa shape index (κ3) is 0.783. The largest absolute Gasteiger partial charge is 0.507 e. The lowest BCUT2D eigenvalue weighted by molar-refractivity contribution is 0.475. The van der Waals surface area contributed by atoms with E-state index < -0.39 is 0 Å². The Bertz CT molecular complexity index is 443. The molecule has 0 aromatic heterocycles. The Kier molecular flexibility index (Phi) is 1.44. The molecule has 12 heavy (non-hydrogen) atoms. The highest BCUT2D eigenvalue weighted by molar-refractivity contribution is 7.03. The third-order valence-corrected chi connectivity index (χ3v) is 2.54. The van der Waals surface area contributed by atoms with Crippen LogP contribution in [-0.4, -0.2) is 9.48 Å². The quantitative estimate of drug-likeness (QED) is 0.648. The molecule has 3 nitrogen and oxygen atoms in total. The molecule has 0 saturated carbocycles. The van der Waals surface area contributed by atoms with Gasteiger partial charge in [-0.1, -0.05) is 11.5 Å². The summed E-state index contributed by atoms with van der Waals surface area (Å²) in [5.41, 5.74) is 1.54. The summed E-state index contributed by atoms with van der Waals surface area (Å²) >= 11 is 1.34. The standard InChI is InChI=1S/C8H7NO2S/c1-4-7(10)5-2-9-12-3-6(5)8(4)11/h2-3,9,11H,1H3. The second kappa shape index (κ2) is 2.35. The van der Waals surface area contributed by atoms with Gasteiger partial charge in [-0.3, -0.25) is 4.79 Å². The first-order chi connectivity index (χ1) is 5.72. The van der Waals surface area contributed by atoms with Crippen LogP contribution in [0.2, 0.25) is 0 Å². The van der Waals surface area contributed by atoms with E-state index in [2.05, 4.69) is 4.37 Å². The van der Waals surface area contributed by atoms with E-state index in [1.165, 1.54) is 11.5 Å². The molecule has 0 spiro atoms. The molecule has 0 bridgehead atoms. The highest BCUT2D eigenvalue weighted by Gasteiger charge is 2.17. The Morgan fingerprint density at radius 3 is 2.92 bits per heavy atom. The molecule has 1 heterocycles. The Morgan fingerprint density at radius 2 is 2.25 bits per heavy atom. The van der Waals surface area contributed by atoms with Crippen molar-refractivity contribution >= 4 is 11.5 Å². The van der Waals surface area contributed by atoms with Gasteiger partial charge in [0.1, 0.15) is 5.75 Å². The van der Waals surface area contributed by atoms with E-state index in [1.54, 1.807) is 18.5 Å². The Morgan fingerprint density at radius 1 is 1.50 bits per heavy atom. The average Bonchev–Trinajstić information content (AvgIpc) is 2.33. The summed E-state index contributed by atoms with van der Waals surface area (Å²) in [4.78, 5) is 11.4. The number of hydrogen-bond acceptors (Lipinski definition) is 3. The number of hydrogen-bond donors (Lipinski definition) is 2. The fraction of sp³-hybridized carbons (Fsp3) is 0.125. The lowest BCUT2D eigenvalue weighted by atomic mass is 10.2. The normalized spacial score (nSPS) is 10.8. The molecule has 62 valence electrons. The van der Waals surface area contributed by atoms with Crippen molar-refractivity contribution in [2.45, 2.75) is 6.92 Å². The van der Waals surface area contributed by atoms with E-state index in [1.807, 2.05) is 0 Å². The first-order valence-corrected chi connectivity index (χ1v) is 4.36. The van der Waals surface area contributed by atoms with E-state index in [9.17, 15) is 9.90 Å². The second-order valence-corrected chi connectivity index (χ2v) is 3.34. The number of fused-ring (bicyclic) bond motifs is 1. The van der Waals surface area contributed by atoms with Crippen LogP contribution in [0.5, 0.6) is 5.75 Å². The van der Waals surface area contributed by atoms with E-state index in [0.29, 0.717) is 16.7 Å². The predicted octanol–water partition coefficient (Wildman–Crippen LogP) is 1.56. The van der Waals surface area contributed by atoms with Gasteiger partial charge in [-0.05, 0) is 6.92 Å². The van der Waals surface area contributed by atoms with Crippen molar-refractivity contribution in [2.24, 2.45) is 0 Å². The first-order valence-electron chi connectivity index (χ1n) is 3.48. The van der Waals surface area contributed by atoms with Crippen molar-refractivity contribution in [3.05, 3.63) is 27.4 Å². The molecule has 1 aliphatic heterocycles. The molecular weight excluding hydrogens is 174 g/mol. The van der Waals surface area contributed by atoms with Crippen LogP contribution in [0, 0.1) is 6.92 Å². The van der Waals surface area contributed by atoms with Crippen LogP contribution in [0.1, 0.15) is 5.56 Å². The molecule has 2 rings (SSSR count). The summed E-state index contributed by atoms with van der Waals surface area (Å²) in [5.74, 6) is 0.111. The van der Waals surface area contributed by atoms with Crippen LogP contribution < -0.4 is 5.43 Å². The van der Waals surface area contributed by atoms with Gasteiger partial charge < -0.3 is 9.48 Å². The molecule has 0 aromatic carbocycles. The number of nitrogens with one attached hydrogen (secondary N) is 1. The summed E-state index contributed by atoms with van der Waals surface area (Å²) in [6.07, 6.45) is 1.62. The minimum Gasteiger partial charge on any atom is -0.507 e. The molecule has 1 aliphatic carbocycles. The van der Waals surface area contributed by atoms with E-state index in [-0.39, 0.29) is 11.2 Å². The number of rotatable bonds is 0. The molecule has 0 atom stereocenters. The molecule has 0 radical (unpaired) electrons. The molecular formula is C8H7NO2S. The maximum absolute atomic E-state index is 11.4. The van der Waals surface area contributed by atoms with Gasteiger partial charge in [0, 0.05) is 22.7 Å². The lowest BCUT2D eigenvalue weighted by Crippen LogP contribution is -1.99. The summed E-state index contributed by atoms with van der Waals surface area (Å²) in [7, 11) is 0. The predicted molar refractivity (Wildman–Crippen MR) is 48.0 cm³/mol. The maximum Gasteiger partial charge on any atom is 0.194 e. The fourth-order valence-electron chi connectivity index (χ4n) is 1.21. The molecule has 4 heteroatoms. The van der Waals surface area contributed by atoms with Crippen molar-refractivity contribution in [3.63, 3.8) is 0 Å². The maximum atomic E-state index is 11.4. The monoisotopic (exact) mass is 181 g/mol. The number of aromatic hydroxyl groups is 1. The van der Waals surface area contributed by atoms with Gasteiger partial charge in [0.15, 0.2) is 5.43 Å². The highest BCUT2D eigenvalue weighted by Crippen LogP contribution is 2.32. The topological polar surface area (TPSA) is 53.1 Å². The average molecular weight is 181 g/mol. The van der Waals surface area contributed by atoms with Crippen LogP contribution in [0.25, 0.3) is 11.1 Å². The van der Waals surface area contributed by atoms with Crippen molar-refractivity contribution in [2.75, 3.05) is 0 Å². The Hall–Kier alpha value is -1.29. The molecule has 0 saturated heterocycles. The van der Waals surface area contributed by atoms with Gasteiger partial charge in [0.2, 0.25) is 0 Å². The van der Waals surface area contributed by atoms with Gasteiger partial charge in [0.05, 0.1) is 5.56 Å². The van der Waals surface area contributed by atoms with E-state index in [4.69, 9.17) is 0 Å². The van der Waals surface area contributed by atoms with Crippen LogP contribution >= 0.6 is 11.5 Å². The zero-order valence-corrected chi connectivity index (χ0v) is 7.23. The summed E-state index contributed by atoms with van der Waals surface area (Å²) in [6.45, 7) is 1.63. The molecule has 0 amide bonds. The second-order valence-electron chi connectivity index (χ2n) is 2.63. The van der Waals surface area contributed by atoms with Crippen LogP contribution in [0.4, 0.5) is 0 Å². The number of aromatic amines is 1. The molecule has 0 unspecified atom stereocenters. The van der Waals surface area contributed by atoms with Gasteiger partial charge in [-0.15, -0.1) is 0 Å². The SMILES string of the molecule is Cc1c(O)c2cs[nH]cc-2c1=O. The summed E-state index contributed by atoms with van der Waals surface area (Å²) in [6, 6.07) is 0. The number of H-pyrrole nitrogens is 1. The highest BCUT2D eigenvalue weighted by atomic mass is 32.1. The minimum absolute atomic E-state index is 0.0912. The van der Waals surface area contributed by atoms with Gasteiger partial charge >= 0.3 is 0 Å². The lowest BCUT2D eigenvalue weighted by Gasteiger charge is -1.94. The fourth-order valence-corrected chi connectivity index (χ4v) is 1.82. The van der Waals surface area contributed by atoms with Crippen molar-refractivity contribution < 1.29 is 5.11 Å². The molecule has 2 N–H and O–H groups in total. The van der Waals surface area contributed by atoms with E-state index in [0.717, 1.165) is 0 Å². The summed E-state index contributed by atoms with van der Waals surface area (Å²) < 4.78 is 2.85. The first kappa shape index (κ1) is 7.36. The van der Waals surface area contributed by atoms with Crippen molar-refractivity contribution in [1.82, 2.24) is 4.37 Å². The van der Waals surface area contributed by atoms with Gasteiger partial charge in [-0.25, -0.2) is 0 Å². The van der Waals surface area contributed by atoms with Gasteiger partial charge in [-0.2, -0.15) is 0 Å². The molecule has 0 aromatic rings. The Labute approximate surface area is 72.8 Å². The Balaban J connectivity index is 2.97. The van der Waals surface area contributed by atoms with Gasteiger partial charge in [0.25, 0.3) is 0 Å². The summed E-state index contributed by atoms with van der Waals surface area (Å²) in [5, 5.41) is 11.2. The molecule has 2 aliphatic rings. The van der Waals surface area contributed by atoms with Crippen LogP contribution in [-0.2, 0) is 0 Å². The van der Waals surface area contributed by atoms with Crippen molar-refractivity contribution in [3.8, 4) is 16.9 Å².